The molecule has 0 spiro atoms. The Kier molecular flexibility index (Phi) is 4.15. The molecule has 0 aliphatic heterocycles. The van der Waals surface area contributed by atoms with Gasteiger partial charge in [-0.1, -0.05) is 24.3 Å². The molecule has 0 saturated carbocycles. The van der Waals surface area contributed by atoms with E-state index in [0.717, 1.165) is 12.1 Å². The van der Waals surface area contributed by atoms with Crippen LogP contribution in [-0.4, -0.2) is 32.8 Å². The minimum absolute atomic E-state index is 0.114. The standard InChI is InChI=1S/C21H18F4N2O2/c1-19(2,11-28)27-10-12(9-26-27)15-7-13(22)8-17-18(15)14-5-3-4-6-16(14)20(17,29)21(23,24)25/h3-10,28-29H,11H2,1-2H3. The zero-order valence-electron chi connectivity index (χ0n) is 15.6. The fourth-order valence-electron chi connectivity index (χ4n) is 3.74. The molecule has 152 valence electrons. The molecule has 0 saturated heterocycles. The molecule has 2 aromatic carbocycles. The summed E-state index contributed by atoms with van der Waals surface area (Å²) in [6.45, 7) is 3.25. The van der Waals surface area contributed by atoms with E-state index < -0.39 is 28.7 Å². The van der Waals surface area contributed by atoms with Crippen molar-refractivity contribution in [1.82, 2.24) is 9.78 Å². The lowest BCUT2D eigenvalue weighted by Gasteiger charge is -2.28. The third-order valence-electron chi connectivity index (χ3n) is 5.39. The average molecular weight is 406 g/mol. The Bertz CT molecular complexity index is 1100. The van der Waals surface area contributed by atoms with Crippen molar-refractivity contribution in [2.75, 3.05) is 6.61 Å². The largest absolute Gasteiger partial charge is 0.425 e. The summed E-state index contributed by atoms with van der Waals surface area (Å²) in [6.07, 6.45) is -2.10. The molecule has 2 N–H and O–H groups in total. The van der Waals surface area contributed by atoms with E-state index in [4.69, 9.17) is 0 Å². The molecule has 1 heterocycles. The Hall–Kier alpha value is -2.71. The van der Waals surface area contributed by atoms with Crippen LogP contribution in [0, 0.1) is 5.82 Å². The predicted octanol–water partition coefficient (Wildman–Crippen LogP) is 4.20. The number of aliphatic hydroxyl groups is 2. The monoisotopic (exact) mass is 406 g/mol. The van der Waals surface area contributed by atoms with Gasteiger partial charge in [0.2, 0.25) is 5.60 Å². The van der Waals surface area contributed by atoms with Crippen molar-refractivity contribution in [2.24, 2.45) is 0 Å². The first-order valence-electron chi connectivity index (χ1n) is 8.90. The van der Waals surface area contributed by atoms with Crippen molar-refractivity contribution in [3.05, 3.63) is 65.7 Å². The number of nitrogens with zero attached hydrogens (tertiary/aromatic N) is 2. The lowest BCUT2D eigenvalue weighted by Crippen LogP contribution is -2.41. The minimum atomic E-state index is -5.04. The molecule has 1 unspecified atom stereocenters. The Morgan fingerprint density at radius 2 is 1.76 bits per heavy atom. The lowest BCUT2D eigenvalue weighted by atomic mass is 9.89. The number of halogens is 4. The quantitative estimate of drug-likeness (QED) is 0.641. The summed E-state index contributed by atoms with van der Waals surface area (Å²) in [5.74, 6) is -0.900. The summed E-state index contributed by atoms with van der Waals surface area (Å²) in [5.41, 5.74) is -4.08. The van der Waals surface area contributed by atoms with Crippen molar-refractivity contribution < 1.29 is 27.8 Å². The van der Waals surface area contributed by atoms with Gasteiger partial charge in [-0.25, -0.2) is 4.39 Å². The zero-order chi connectivity index (χ0) is 21.2. The molecule has 0 fully saturated rings. The maximum absolute atomic E-state index is 14.4. The first-order chi connectivity index (χ1) is 13.5. The Morgan fingerprint density at radius 3 is 2.41 bits per heavy atom. The highest BCUT2D eigenvalue weighted by Crippen LogP contribution is 2.57. The van der Waals surface area contributed by atoms with Crippen molar-refractivity contribution in [3.8, 4) is 22.3 Å². The van der Waals surface area contributed by atoms with Crippen LogP contribution >= 0.6 is 0 Å². The van der Waals surface area contributed by atoms with Gasteiger partial charge in [0.1, 0.15) is 5.82 Å². The SMILES string of the molecule is CC(C)(CO)n1cc(-c2cc(F)cc3c2-c2ccccc2C3(O)C(F)(F)F)cn1. The molecular formula is C21H18F4N2O2. The van der Waals surface area contributed by atoms with Gasteiger partial charge in [-0.05, 0) is 42.7 Å². The fraction of sp³-hybridized carbons (Fsp3) is 0.286. The molecule has 1 atom stereocenters. The number of hydrogen-bond donors (Lipinski definition) is 2. The highest BCUT2D eigenvalue weighted by molar-refractivity contribution is 5.92. The maximum atomic E-state index is 14.4. The summed E-state index contributed by atoms with van der Waals surface area (Å²) >= 11 is 0. The molecule has 1 aliphatic rings. The van der Waals surface area contributed by atoms with E-state index in [1.807, 2.05) is 0 Å². The number of aromatic nitrogens is 2. The Labute approximate surface area is 164 Å². The van der Waals surface area contributed by atoms with Gasteiger partial charge in [0.05, 0.1) is 18.3 Å². The second-order valence-corrected chi connectivity index (χ2v) is 7.77. The van der Waals surface area contributed by atoms with Gasteiger partial charge in [-0.2, -0.15) is 18.3 Å². The zero-order valence-corrected chi connectivity index (χ0v) is 15.6. The van der Waals surface area contributed by atoms with Gasteiger partial charge in [0, 0.05) is 22.9 Å². The number of benzene rings is 2. The van der Waals surface area contributed by atoms with Crippen LogP contribution in [0.4, 0.5) is 17.6 Å². The molecule has 29 heavy (non-hydrogen) atoms. The predicted molar refractivity (Wildman–Crippen MR) is 98.5 cm³/mol. The van der Waals surface area contributed by atoms with Gasteiger partial charge in [-0.15, -0.1) is 0 Å². The Morgan fingerprint density at radius 1 is 1.07 bits per heavy atom. The van der Waals surface area contributed by atoms with Crippen molar-refractivity contribution >= 4 is 0 Å². The van der Waals surface area contributed by atoms with Crippen LogP contribution in [0.5, 0.6) is 0 Å². The summed E-state index contributed by atoms with van der Waals surface area (Å²) in [4.78, 5) is 0. The van der Waals surface area contributed by atoms with E-state index in [-0.39, 0.29) is 28.9 Å². The normalized spacial score (nSPS) is 18.6. The summed E-state index contributed by atoms with van der Waals surface area (Å²) < 4.78 is 57.8. The van der Waals surface area contributed by atoms with Crippen LogP contribution < -0.4 is 0 Å². The van der Waals surface area contributed by atoms with Gasteiger partial charge < -0.3 is 10.2 Å². The number of fused-ring (bicyclic) bond motifs is 3. The molecule has 0 bridgehead atoms. The summed E-state index contributed by atoms with van der Waals surface area (Å²) in [7, 11) is 0. The molecule has 1 aromatic heterocycles. The van der Waals surface area contributed by atoms with Gasteiger partial charge >= 0.3 is 6.18 Å². The number of alkyl halides is 3. The lowest BCUT2D eigenvalue weighted by molar-refractivity contribution is -0.246. The van der Waals surface area contributed by atoms with E-state index in [0.29, 0.717) is 5.56 Å². The van der Waals surface area contributed by atoms with Gasteiger partial charge in [0.25, 0.3) is 0 Å². The molecule has 4 rings (SSSR count). The topological polar surface area (TPSA) is 58.3 Å². The smallest absolute Gasteiger partial charge is 0.394 e. The van der Waals surface area contributed by atoms with Crippen molar-refractivity contribution in [3.63, 3.8) is 0 Å². The second kappa shape index (κ2) is 6.14. The van der Waals surface area contributed by atoms with Crippen LogP contribution in [0.2, 0.25) is 0 Å². The van der Waals surface area contributed by atoms with Gasteiger partial charge in [0.15, 0.2) is 0 Å². The molecular weight excluding hydrogens is 388 g/mol. The molecule has 3 aromatic rings. The molecule has 4 nitrogen and oxygen atoms in total. The van der Waals surface area contributed by atoms with E-state index in [9.17, 15) is 27.8 Å². The maximum Gasteiger partial charge on any atom is 0.425 e. The van der Waals surface area contributed by atoms with Crippen LogP contribution in [0.25, 0.3) is 22.3 Å². The average Bonchev–Trinajstić information content (AvgIpc) is 3.25. The molecule has 8 heteroatoms. The van der Waals surface area contributed by atoms with Crippen LogP contribution in [0.1, 0.15) is 25.0 Å². The van der Waals surface area contributed by atoms with Crippen molar-refractivity contribution in [2.45, 2.75) is 31.2 Å². The number of rotatable bonds is 3. The molecule has 0 amide bonds. The molecule has 0 radical (unpaired) electrons. The number of hydrogen-bond acceptors (Lipinski definition) is 3. The van der Waals surface area contributed by atoms with E-state index in [2.05, 4.69) is 5.10 Å². The van der Waals surface area contributed by atoms with E-state index in [1.54, 1.807) is 26.1 Å². The number of aliphatic hydroxyl groups excluding tert-OH is 1. The van der Waals surface area contributed by atoms with Gasteiger partial charge in [-0.3, -0.25) is 4.68 Å². The summed E-state index contributed by atoms with van der Waals surface area (Å²) in [5, 5.41) is 24.5. The van der Waals surface area contributed by atoms with E-state index >= 15 is 0 Å². The molecule has 1 aliphatic carbocycles. The third kappa shape index (κ3) is 2.70. The fourth-order valence-corrected chi connectivity index (χ4v) is 3.74. The van der Waals surface area contributed by atoms with Crippen LogP contribution in [-0.2, 0) is 11.1 Å². The second-order valence-electron chi connectivity index (χ2n) is 7.77. The van der Waals surface area contributed by atoms with Crippen molar-refractivity contribution in [1.29, 1.82) is 0 Å². The first kappa shape index (κ1) is 19.6. The Balaban J connectivity index is 2.03. The van der Waals surface area contributed by atoms with E-state index in [1.165, 1.54) is 29.1 Å². The van der Waals surface area contributed by atoms with Crippen LogP contribution in [0.15, 0.2) is 48.8 Å². The third-order valence-corrected chi connectivity index (χ3v) is 5.39. The minimum Gasteiger partial charge on any atom is -0.394 e. The highest BCUT2D eigenvalue weighted by Gasteiger charge is 2.61. The summed E-state index contributed by atoms with van der Waals surface area (Å²) in [6, 6.07) is 7.50. The van der Waals surface area contributed by atoms with Crippen LogP contribution in [0.3, 0.4) is 0 Å². The first-order valence-corrected chi connectivity index (χ1v) is 8.90. The highest BCUT2D eigenvalue weighted by atomic mass is 19.4.